The van der Waals surface area contributed by atoms with Crippen LogP contribution in [0.4, 0.5) is 5.69 Å². The molecule has 2 rings (SSSR count). The highest BCUT2D eigenvalue weighted by Gasteiger charge is 2.09. The molecule has 0 aliphatic carbocycles. The van der Waals surface area contributed by atoms with Gasteiger partial charge in [-0.1, -0.05) is 34.5 Å². The minimum Gasteiger partial charge on any atom is -0.323 e. The fourth-order valence-corrected chi connectivity index (χ4v) is 1.73. The van der Waals surface area contributed by atoms with Gasteiger partial charge in [0.2, 0.25) is 5.91 Å². The predicted molar refractivity (Wildman–Crippen MR) is 70.5 cm³/mol. The number of carbonyl (C=O) groups is 2. The molecule has 0 aliphatic heterocycles. The van der Waals surface area contributed by atoms with E-state index in [2.05, 4.69) is 15.6 Å². The maximum Gasteiger partial charge on any atom is 0.246 e. The van der Waals surface area contributed by atoms with Gasteiger partial charge >= 0.3 is 0 Å². The molecular weight excluding hydrogens is 291 g/mol. The molecule has 8 heteroatoms. The SMILES string of the molecule is O=Cc1cn(CC(=O)Nc2cccc(Cl)c2Cl)nn1. The Morgan fingerprint density at radius 1 is 1.42 bits per heavy atom. The fraction of sp³-hybridized carbons (Fsp3) is 0.0909. The van der Waals surface area contributed by atoms with Gasteiger partial charge in [0.25, 0.3) is 0 Å². The Kier molecular flexibility index (Phi) is 4.13. The Morgan fingerprint density at radius 2 is 2.21 bits per heavy atom. The van der Waals surface area contributed by atoms with Crippen molar-refractivity contribution in [2.75, 3.05) is 5.32 Å². The lowest BCUT2D eigenvalue weighted by Crippen LogP contribution is -2.19. The van der Waals surface area contributed by atoms with Crippen LogP contribution >= 0.6 is 23.2 Å². The number of rotatable bonds is 4. The molecular formula is C11H8Cl2N4O2. The first-order valence-electron chi connectivity index (χ1n) is 5.19. The third-order valence-corrected chi connectivity index (χ3v) is 3.03. The van der Waals surface area contributed by atoms with Gasteiger partial charge in [0.15, 0.2) is 6.29 Å². The highest BCUT2D eigenvalue weighted by Crippen LogP contribution is 2.29. The van der Waals surface area contributed by atoms with Gasteiger partial charge in [0, 0.05) is 0 Å². The lowest BCUT2D eigenvalue weighted by atomic mass is 10.3. The van der Waals surface area contributed by atoms with Crippen LogP contribution in [0.5, 0.6) is 0 Å². The normalized spacial score (nSPS) is 10.2. The zero-order valence-corrected chi connectivity index (χ0v) is 11.0. The summed E-state index contributed by atoms with van der Waals surface area (Å²) in [5, 5.41) is 10.4. The van der Waals surface area contributed by atoms with Crippen molar-refractivity contribution in [1.82, 2.24) is 15.0 Å². The second-order valence-corrected chi connectivity index (χ2v) is 4.39. The van der Waals surface area contributed by atoms with E-state index >= 15 is 0 Å². The van der Waals surface area contributed by atoms with E-state index < -0.39 is 0 Å². The number of hydrogen-bond acceptors (Lipinski definition) is 4. The highest BCUT2D eigenvalue weighted by atomic mass is 35.5. The molecule has 0 fully saturated rings. The van der Waals surface area contributed by atoms with Crippen molar-refractivity contribution in [3.05, 3.63) is 40.1 Å². The van der Waals surface area contributed by atoms with Crippen molar-refractivity contribution < 1.29 is 9.59 Å². The number of anilines is 1. The highest BCUT2D eigenvalue weighted by molar-refractivity contribution is 6.43. The van der Waals surface area contributed by atoms with E-state index in [1.54, 1.807) is 18.2 Å². The zero-order valence-electron chi connectivity index (χ0n) is 9.51. The van der Waals surface area contributed by atoms with Crippen LogP contribution in [0.3, 0.4) is 0 Å². The summed E-state index contributed by atoms with van der Waals surface area (Å²) in [5.41, 5.74) is 0.573. The van der Waals surface area contributed by atoms with Gasteiger partial charge in [-0.25, -0.2) is 4.68 Å². The molecule has 1 N–H and O–H groups in total. The molecule has 0 saturated carbocycles. The number of carbonyl (C=O) groups excluding carboxylic acids is 2. The van der Waals surface area contributed by atoms with Crippen LogP contribution in [0.15, 0.2) is 24.4 Å². The summed E-state index contributed by atoms with van der Waals surface area (Å²) in [6.07, 6.45) is 1.92. The number of aldehydes is 1. The van der Waals surface area contributed by atoms with Crippen LogP contribution in [0.1, 0.15) is 10.5 Å². The van der Waals surface area contributed by atoms with Crippen molar-refractivity contribution in [3.63, 3.8) is 0 Å². The van der Waals surface area contributed by atoms with Crippen molar-refractivity contribution in [2.45, 2.75) is 6.54 Å². The van der Waals surface area contributed by atoms with Crippen LogP contribution < -0.4 is 5.32 Å². The fourth-order valence-electron chi connectivity index (χ4n) is 1.38. The van der Waals surface area contributed by atoms with Crippen LogP contribution in [0, 0.1) is 0 Å². The van der Waals surface area contributed by atoms with E-state index in [9.17, 15) is 9.59 Å². The van der Waals surface area contributed by atoms with Gasteiger partial charge in [-0.05, 0) is 12.1 Å². The molecule has 98 valence electrons. The van der Waals surface area contributed by atoms with E-state index in [4.69, 9.17) is 23.2 Å². The lowest BCUT2D eigenvalue weighted by Gasteiger charge is -2.07. The Labute approximate surface area is 118 Å². The summed E-state index contributed by atoms with van der Waals surface area (Å²) in [6, 6.07) is 4.92. The number of nitrogens with one attached hydrogen (secondary N) is 1. The van der Waals surface area contributed by atoms with Gasteiger partial charge in [0.1, 0.15) is 12.2 Å². The predicted octanol–water partition coefficient (Wildman–Crippen LogP) is 2.04. The molecule has 0 spiro atoms. The van der Waals surface area contributed by atoms with Crippen molar-refractivity contribution in [3.8, 4) is 0 Å². The molecule has 1 aromatic heterocycles. The molecule has 0 atom stereocenters. The topological polar surface area (TPSA) is 76.9 Å². The number of halogens is 2. The van der Waals surface area contributed by atoms with E-state index in [-0.39, 0.29) is 23.2 Å². The molecule has 0 radical (unpaired) electrons. The van der Waals surface area contributed by atoms with Gasteiger partial charge in [-0.15, -0.1) is 5.10 Å². The second-order valence-electron chi connectivity index (χ2n) is 3.61. The summed E-state index contributed by atoms with van der Waals surface area (Å²) < 4.78 is 1.25. The lowest BCUT2D eigenvalue weighted by molar-refractivity contribution is -0.116. The zero-order chi connectivity index (χ0) is 13.8. The molecule has 0 aliphatic rings. The first-order chi connectivity index (χ1) is 9.10. The van der Waals surface area contributed by atoms with E-state index in [0.717, 1.165) is 0 Å². The third kappa shape index (κ3) is 3.30. The van der Waals surface area contributed by atoms with Crippen LogP contribution in [0.2, 0.25) is 10.0 Å². The summed E-state index contributed by atoms with van der Waals surface area (Å²) in [6.45, 7) is -0.0797. The Hall–Kier alpha value is -1.92. The minimum atomic E-state index is -0.355. The number of benzene rings is 1. The summed E-state index contributed by atoms with van der Waals surface area (Å²) in [5.74, 6) is -0.355. The summed E-state index contributed by atoms with van der Waals surface area (Å²) in [7, 11) is 0. The van der Waals surface area contributed by atoms with Crippen LogP contribution in [-0.2, 0) is 11.3 Å². The molecule has 6 nitrogen and oxygen atoms in total. The average molecular weight is 299 g/mol. The van der Waals surface area contributed by atoms with Gasteiger partial charge < -0.3 is 5.32 Å². The maximum atomic E-state index is 11.8. The third-order valence-electron chi connectivity index (χ3n) is 2.21. The first-order valence-corrected chi connectivity index (χ1v) is 5.95. The molecule has 1 amide bonds. The van der Waals surface area contributed by atoms with E-state index in [1.165, 1.54) is 10.9 Å². The first kappa shape index (κ1) is 13.5. The molecule has 1 aromatic carbocycles. The molecule has 0 unspecified atom stereocenters. The van der Waals surface area contributed by atoms with Gasteiger partial charge in [-0.3, -0.25) is 9.59 Å². The van der Waals surface area contributed by atoms with Crippen molar-refractivity contribution in [2.24, 2.45) is 0 Å². The van der Waals surface area contributed by atoms with Gasteiger partial charge in [0.05, 0.1) is 21.9 Å². The molecule has 0 saturated heterocycles. The monoisotopic (exact) mass is 298 g/mol. The summed E-state index contributed by atoms with van der Waals surface area (Å²) >= 11 is 11.8. The van der Waals surface area contributed by atoms with E-state index in [0.29, 0.717) is 17.0 Å². The standard InChI is InChI=1S/C11H8Cl2N4O2/c12-8-2-1-3-9(11(8)13)14-10(19)5-17-4-7(6-18)15-16-17/h1-4,6H,5H2,(H,14,19). The number of aromatic nitrogens is 3. The van der Waals surface area contributed by atoms with Crippen LogP contribution in [-0.4, -0.2) is 27.2 Å². The van der Waals surface area contributed by atoms with Crippen LogP contribution in [0.25, 0.3) is 0 Å². The molecule has 0 bridgehead atoms. The number of amides is 1. The Balaban J connectivity index is 2.05. The van der Waals surface area contributed by atoms with Crippen molar-refractivity contribution in [1.29, 1.82) is 0 Å². The quantitative estimate of drug-likeness (QED) is 0.876. The number of hydrogen-bond donors (Lipinski definition) is 1. The average Bonchev–Trinajstić information content (AvgIpc) is 2.82. The van der Waals surface area contributed by atoms with Crippen molar-refractivity contribution >= 4 is 41.1 Å². The number of nitrogens with zero attached hydrogens (tertiary/aromatic N) is 3. The molecule has 19 heavy (non-hydrogen) atoms. The smallest absolute Gasteiger partial charge is 0.246 e. The Bertz CT molecular complexity index is 627. The molecule has 1 heterocycles. The van der Waals surface area contributed by atoms with Gasteiger partial charge in [-0.2, -0.15) is 0 Å². The second kappa shape index (κ2) is 5.81. The summed E-state index contributed by atoms with van der Waals surface area (Å²) in [4.78, 5) is 22.2. The Morgan fingerprint density at radius 3 is 2.89 bits per heavy atom. The largest absolute Gasteiger partial charge is 0.323 e. The van der Waals surface area contributed by atoms with E-state index in [1.807, 2.05) is 0 Å². The maximum absolute atomic E-state index is 11.8. The minimum absolute atomic E-state index is 0.0797. The molecule has 2 aromatic rings.